The van der Waals surface area contributed by atoms with Crippen molar-refractivity contribution in [2.24, 2.45) is 0 Å². The number of ketones is 1. The zero-order chi connectivity index (χ0) is 12.3. The second-order valence-corrected chi connectivity index (χ2v) is 4.41. The van der Waals surface area contributed by atoms with Crippen molar-refractivity contribution in [3.05, 3.63) is 42.5 Å². The molecule has 2 aromatic rings. The van der Waals surface area contributed by atoms with Crippen LogP contribution in [0.25, 0.3) is 10.8 Å². The van der Waals surface area contributed by atoms with Gasteiger partial charge in [-0.15, -0.1) is 0 Å². The Kier molecular flexibility index (Phi) is 3.43. The molecule has 2 heteroatoms. The molecule has 0 amide bonds. The minimum absolute atomic E-state index is 0.234. The van der Waals surface area contributed by atoms with Crippen LogP contribution >= 0.6 is 0 Å². The van der Waals surface area contributed by atoms with Gasteiger partial charge < -0.3 is 4.90 Å². The van der Waals surface area contributed by atoms with Crippen molar-refractivity contribution in [3.8, 4) is 0 Å². The fraction of sp³-hybridized carbons (Fsp3) is 0.267. The maximum absolute atomic E-state index is 11.0. The molecule has 2 rings (SSSR count). The number of anilines is 1. The van der Waals surface area contributed by atoms with Crippen LogP contribution in [0.1, 0.15) is 13.3 Å². The van der Waals surface area contributed by atoms with Gasteiger partial charge in [0.15, 0.2) is 0 Å². The average Bonchev–Trinajstić information content (AvgIpc) is 2.35. The summed E-state index contributed by atoms with van der Waals surface area (Å²) >= 11 is 0. The summed E-state index contributed by atoms with van der Waals surface area (Å²) < 4.78 is 0. The summed E-state index contributed by atoms with van der Waals surface area (Å²) in [7, 11) is 2.02. The maximum atomic E-state index is 11.0. The van der Waals surface area contributed by atoms with Crippen LogP contribution in [0.4, 0.5) is 5.69 Å². The van der Waals surface area contributed by atoms with Crippen LogP contribution in [0.2, 0.25) is 0 Å². The summed E-state index contributed by atoms with van der Waals surface area (Å²) in [6, 6.07) is 14.7. The third-order valence-corrected chi connectivity index (χ3v) is 2.97. The van der Waals surface area contributed by atoms with E-state index in [-0.39, 0.29) is 5.78 Å². The van der Waals surface area contributed by atoms with E-state index in [4.69, 9.17) is 0 Å². The molecule has 0 atom stereocenters. The number of Topliss-reactive ketones (excluding diaryl/α,β-unsaturated/α-hetero) is 1. The summed E-state index contributed by atoms with van der Waals surface area (Å²) in [6.07, 6.45) is 0.601. The van der Waals surface area contributed by atoms with E-state index >= 15 is 0 Å². The molecule has 0 saturated heterocycles. The summed E-state index contributed by atoms with van der Waals surface area (Å²) in [6.45, 7) is 2.40. The number of hydrogen-bond donors (Lipinski definition) is 0. The van der Waals surface area contributed by atoms with Gasteiger partial charge in [-0.2, -0.15) is 0 Å². The van der Waals surface area contributed by atoms with E-state index < -0.39 is 0 Å². The molecule has 2 aromatic carbocycles. The van der Waals surface area contributed by atoms with Gasteiger partial charge in [-0.05, 0) is 29.8 Å². The van der Waals surface area contributed by atoms with Gasteiger partial charge >= 0.3 is 0 Å². The van der Waals surface area contributed by atoms with Gasteiger partial charge in [-0.1, -0.05) is 30.3 Å². The number of fused-ring (bicyclic) bond motifs is 1. The van der Waals surface area contributed by atoms with E-state index in [1.54, 1.807) is 6.92 Å². The minimum Gasteiger partial charge on any atom is -0.374 e. The Bertz CT molecular complexity index is 533. The number of rotatable bonds is 4. The van der Waals surface area contributed by atoms with Crippen molar-refractivity contribution in [1.29, 1.82) is 0 Å². The summed E-state index contributed by atoms with van der Waals surface area (Å²) in [5, 5.41) is 2.48. The molecule has 0 heterocycles. The first-order valence-corrected chi connectivity index (χ1v) is 5.86. The number of nitrogens with zero attached hydrogens (tertiary/aromatic N) is 1. The van der Waals surface area contributed by atoms with Crippen molar-refractivity contribution in [1.82, 2.24) is 0 Å². The van der Waals surface area contributed by atoms with Crippen LogP contribution in [0, 0.1) is 0 Å². The predicted molar refractivity (Wildman–Crippen MR) is 72.5 cm³/mol. The van der Waals surface area contributed by atoms with E-state index in [9.17, 15) is 4.79 Å². The fourth-order valence-electron chi connectivity index (χ4n) is 1.87. The second kappa shape index (κ2) is 5.00. The molecule has 0 unspecified atom stereocenters. The van der Waals surface area contributed by atoms with Gasteiger partial charge in [0.2, 0.25) is 0 Å². The van der Waals surface area contributed by atoms with Crippen LogP contribution in [-0.4, -0.2) is 19.4 Å². The Hall–Kier alpha value is -1.83. The van der Waals surface area contributed by atoms with E-state index in [0.717, 1.165) is 12.2 Å². The Labute approximate surface area is 102 Å². The molecule has 0 radical (unpaired) electrons. The third-order valence-electron chi connectivity index (χ3n) is 2.97. The fourth-order valence-corrected chi connectivity index (χ4v) is 1.87. The lowest BCUT2D eigenvalue weighted by molar-refractivity contribution is -0.116. The molecular formula is C15H17NO. The number of benzene rings is 2. The molecule has 0 aliphatic carbocycles. The largest absolute Gasteiger partial charge is 0.374 e. The molecule has 0 fully saturated rings. The highest BCUT2D eigenvalue weighted by molar-refractivity contribution is 5.86. The first-order valence-electron chi connectivity index (χ1n) is 5.86. The molecule has 0 aromatic heterocycles. The molecule has 0 N–H and O–H groups in total. The van der Waals surface area contributed by atoms with E-state index in [2.05, 4.69) is 35.2 Å². The molecular weight excluding hydrogens is 210 g/mol. The minimum atomic E-state index is 0.234. The highest BCUT2D eigenvalue weighted by atomic mass is 16.1. The average molecular weight is 227 g/mol. The Balaban J connectivity index is 2.20. The van der Waals surface area contributed by atoms with Crippen LogP contribution < -0.4 is 4.90 Å². The Morgan fingerprint density at radius 3 is 2.53 bits per heavy atom. The highest BCUT2D eigenvalue weighted by Crippen LogP contribution is 2.21. The van der Waals surface area contributed by atoms with Gasteiger partial charge in [-0.25, -0.2) is 0 Å². The van der Waals surface area contributed by atoms with Crippen LogP contribution in [0.15, 0.2) is 42.5 Å². The van der Waals surface area contributed by atoms with Gasteiger partial charge in [0, 0.05) is 25.7 Å². The number of carbonyl (C=O) groups is 1. The van der Waals surface area contributed by atoms with Gasteiger partial charge in [-0.3, -0.25) is 4.79 Å². The first kappa shape index (κ1) is 11.6. The molecule has 0 saturated carbocycles. The zero-order valence-corrected chi connectivity index (χ0v) is 10.3. The SMILES string of the molecule is CC(=O)CCN(C)c1ccc2ccccc2c1. The van der Waals surface area contributed by atoms with E-state index in [1.165, 1.54) is 10.8 Å². The Morgan fingerprint density at radius 1 is 1.12 bits per heavy atom. The van der Waals surface area contributed by atoms with Crippen LogP contribution in [0.3, 0.4) is 0 Å². The molecule has 88 valence electrons. The molecule has 17 heavy (non-hydrogen) atoms. The molecule has 0 aliphatic heterocycles. The predicted octanol–water partition coefficient (Wildman–Crippen LogP) is 3.26. The summed E-state index contributed by atoms with van der Waals surface area (Å²) in [5.74, 6) is 0.234. The van der Waals surface area contributed by atoms with Gasteiger partial charge in [0.05, 0.1) is 0 Å². The second-order valence-electron chi connectivity index (χ2n) is 4.41. The summed E-state index contributed by atoms with van der Waals surface area (Å²) in [5.41, 5.74) is 1.16. The Morgan fingerprint density at radius 2 is 1.82 bits per heavy atom. The number of carbonyl (C=O) groups excluding carboxylic acids is 1. The van der Waals surface area contributed by atoms with Gasteiger partial charge in [0.25, 0.3) is 0 Å². The van der Waals surface area contributed by atoms with Crippen molar-refractivity contribution in [2.45, 2.75) is 13.3 Å². The van der Waals surface area contributed by atoms with E-state index in [0.29, 0.717) is 6.42 Å². The van der Waals surface area contributed by atoms with Crippen LogP contribution in [0.5, 0.6) is 0 Å². The standard InChI is InChI=1S/C15H17NO/c1-12(17)9-10-16(2)15-8-7-13-5-3-4-6-14(13)11-15/h3-8,11H,9-10H2,1-2H3. The lowest BCUT2D eigenvalue weighted by Crippen LogP contribution is -2.20. The van der Waals surface area contributed by atoms with Crippen LogP contribution in [-0.2, 0) is 4.79 Å². The normalized spacial score (nSPS) is 10.5. The van der Waals surface area contributed by atoms with Gasteiger partial charge in [0.1, 0.15) is 5.78 Å². The quantitative estimate of drug-likeness (QED) is 0.799. The zero-order valence-electron chi connectivity index (χ0n) is 10.3. The van der Waals surface area contributed by atoms with Crippen molar-refractivity contribution in [3.63, 3.8) is 0 Å². The van der Waals surface area contributed by atoms with Crippen molar-refractivity contribution >= 4 is 22.2 Å². The lowest BCUT2D eigenvalue weighted by Gasteiger charge is -2.19. The smallest absolute Gasteiger partial charge is 0.131 e. The topological polar surface area (TPSA) is 20.3 Å². The summed E-state index contributed by atoms with van der Waals surface area (Å²) in [4.78, 5) is 13.1. The maximum Gasteiger partial charge on any atom is 0.131 e. The molecule has 0 aliphatic rings. The third kappa shape index (κ3) is 2.84. The number of hydrogen-bond acceptors (Lipinski definition) is 2. The monoisotopic (exact) mass is 227 g/mol. The molecule has 0 bridgehead atoms. The molecule has 2 nitrogen and oxygen atoms in total. The van der Waals surface area contributed by atoms with E-state index in [1.807, 2.05) is 19.2 Å². The highest BCUT2D eigenvalue weighted by Gasteiger charge is 2.03. The molecule has 0 spiro atoms. The van der Waals surface area contributed by atoms with Crippen molar-refractivity contribution < 1.29 is 4.79 Å². The van der Waals surface area contributed by atoms with Crippen molar-refractivity contribution in [2.75, 3.05) is 18.5 Å². The lowest BCUT2D eigenvalue weighted by atomic mass is 10.1. The first-order chi connectivity index (χ1) is 8.16.